The average molecular weight is 480 g/mol. The lowest BCUT2D eigenvalue weighted by Crippen LogP contribution is -2.48. The van der Waals surface area contributed by atoms with Crippen LogP contribution in [-0.4, -0.2) is 54.3 Å². The van der Waals surface area contributed by atoms with Crippen LogP contribution in [0, 0.1) is 5.82 Å². The number of hydrogen-bond acceptors (Lipinski definition) is 5. The van der Waals surface area contributed by atoms with E-state index in [0.29, 0.717) is 24.2 Å². The van der Waals surface area contributed by atoms with Gasteiger partial charge in [0.15, 0.2) is 5.78 Å². The summed E-state index contributed by atoms with van der Waals surface area (Å²) >= 11 is 0. The van der Waals surface area contributed by atoms with Crippen molar-refractivity contribution in [1.82, 2.24) is 4.90 Å². The summed E-state index contributed by atoms with van der Waals surface area (Å²) in [6.45, 7) is 9.28. The van der Waals surface area contributed by atoms with Gasteiger partial charge in [0.05, 0.1) is 11.4 Å². The molecule has 2 aromatic carbocycles. The molecule has 1 saturated heterocycles. The van der Waals surface area contributed by atoms with E-state index in [1.807, 2.05) is 45.2 Å². The minimum Gasteiger partial charge on any atom is -0.444 e. The van der Waals surface area contributed by atoms with Gasteiger partial charge >= 0.3 is 6.09 Å². The molecule has 0 spiro atoms. The summed E-state index contributed by atoms with van der Waals surface area (Å²) in [6.07, 6.45) is 5.25. The number of aliphatic imine (C=N–C) groups is 1. The van der Waals surface area contributed by atoms with Crippen LogP contribution in [0.3, 0.4) is 0 Å². The lowest BCUT2D eigenvalue weighted by Gasteiger charge is -2.41. The van der Waals surface area contributed by atoms with E-state index in [0.717, 1.165) is 49.2 Å². The first-order valence-corrected chi connectivity index (χ1v) is 12.3. The fraction of sp³-hybridized carbons (Fsp3) is 0.464. The number of Topliss-reactive ketones (excluding diaryl/α,β-unsaturated/α-hetero) is 1. The molecule has 1 amide bonds. The number of carbonyl (C=O) groups excluding carboxylic acids is 2. The van der Waals surface area contributed by atoms with Crippen molar-refractivity contribution in [3.63, 3.8) is 0 Å². The van der Waals surface area contributed by atoms with Crippen LogP contribution in [0.1, 0.15) is 63.7 Å². The molecule has 1 fully saturated rings. The molecule has 2 heterocycles. The number of benzene rings is 2. The van der Waals surface area contributed by atoms with E-state index in [1.165, 1.54) is 13.0 Å². The number of piperidine rings is 1. The average Bonchev–Trinajstić information content (AvgIpc) is 2.78. The van der Waals surface area contributed by atoms with E-state index in [4.69, 9.17) is 9.73 Å². The molecule has 2 aliphatic heterocycles. The third kappa shape index (κ3) is 5.89. The molecule has 0 bridgehead atoms. The molecule has 35 heavy (non-hydrogen) atoms. The first-order valence-electron chi connectivity index (χ1n) is 12.3. The van der Waals surface area contributed by atoms with Crippen molar-refractivity contribution in [2.75, 3.05) is 24.5 Å². The monoisotopic (exact) mass is 479 g/mol. The number of hydrogen-bond donors (Lipinski definition) is 0. The number of carbonyl (C=O) groups is 2. The third-order valence-corrected chi connectivity index (χ3v) is 6.49. The first-order chi connectivity index (χ1) is 16.6. The Hall–Kier alpha value is -3.22. The number of anilines is 1. The Morgan fingerprint density at radius 3 is 2.46 bits per heavy atom. The highest BCUT2D eigenvalue weighted by molar-refractivity contribution is 5.94. The number of ketones is 1. The van der Waals surface area contributed by atoms with Crippen LogP contribution >= 0.6 is 0 Å². The van der Waals surface area contributed by atoms with Crippen molar-refractivity contribution in [1.29, 1.82) is 0 Å². The highest BCUT2D eigenvalue weighted by atomic mass is 19.1. The van der Waals surface area contributed by atoms with Gasteiger partial charge in [-0.25, -0.2) is 9.18 Å². The normalized spacial score (nSPS) is 16.9. The predicted octanol–water partition coefficient (Wildman–Crippen LogP) is 6.40. The van der Waals surface area contributed by atoms with E-state index in [-0.39, 0.29) is 17.9 Å². The van der Waals surface area contributed by atoms with Crippen LogP contribution in [0.4, 0.5) is 20.6 Å². The second-order valence-electron chi connectivity index (χ2n) is 10.3. The number of ether oxygens (including phenoxy) is 1. The van der Waals surface area contributed by atoms with E-state index in [2.05, 4.69) is 4.90 Å². The molecule has 0 atom stereocenters. The Morgan fingerprint density at radius 1 is 1.06 bits per heavy atom. The van der Waals surface area contributed by atoms with Crippen molar-refractivity contribution in [3.05, 3.63) is 47.8 Å². The molecule has 7 heteroatoms. The topological polar surface area (TPSA) is 62.2 Å². The zero-order valence-corrected chi connectivity index (χ0v) is 21.0. The van der Waals surface area contributed by atoms with Gasteiger partial charge in [-0.3, -0.25) is 9.79 Å². The quantitative estimate of drug-likeness (QED) is 0.478. The number of likely N-dealkylation sites (tertiary alicyclic amines) is 1. The standard InChI is InChI=1S/C28H34FN3O3/c1-19(33)20-7-9-23(24(29)17-20)21-8-10-26-25(18-21)30-13-5-6-14-32(26)22-11-15-31(16-12-22)27(34)35-28(2,3)4/h7-10,13,17-18,22H,5-6,11-12,14-16H2,1-4H3. The van der Waals surface area contributed by atoms with Crippen LogP contribution in [0.2, 0.25) is 0 Å². The lowest BCUT2D eigenvalue weighted by molar-refractivity contribution is 0.0204. The molecular weight excluding hydrogens is 445 g/mol. The zero-order chi connectivity index (χ0) is 25.2. The molecule has 0 saturated carbocycles. The maximum absolute atomic E-state index is 14.8. The number of rotatable bonds is 3. The van der Waals surface area contributed by atoms with E-state index in [9.17, 15) is 14.0 Å². The summed E-state index contributed by atoms with van der Waals surface area (Å²) in [6, 6.07) is 10.8. The number of amides is 1. The first kappa shape index (κ1) is 24.9. The Morgan fingerprint density at radius 2 is 1.80 bits per heavy atom. The Kier molecular flexibility index (Phi) is 7.24. The van der Waals surface area contributed by atoms with Gasteiger partial charge in [0.2, 0.25) is 0 Å². The van der Waals surface area contributed by atoms with Crippen LogP contribution in [0.5, 0.6) is 0 Å². The molecule has 4 rings (SSSR count). The fourth-order valence-electron chi connectivity index (χ4n) is 4.71. The highest BCUT2D eigenvalue weighted by Gasteiger charge is 2.30. The molecule has 6 nitrogen and oxygen atoms in total. The largest absolute Gasteiger partial charge is 0.444 e. The predicted molar refractivity (Wildman–Crippen MR) is 137 cm³/mol. The zero-order valence-electron chi connectivity index (χ0n) is 21.0. The Balaban J connectivity index is 1.55. The molecule has 186 valence electrons. The summed E-state index contributed by atoms with van der Waals surface area (Å²) in [7, 11) is 0. The lowest BCUT2D eigenvalue weighted by atomic mass is 9.98. The van der Waals surface area contributed by atoms with Crippen molar-refractivity contribution < 1.29 is 18.7 Å². The maximum Gasteiger partial charge on any atom is 0.410 e. The van der Waals surface area contributed by atoms with Crippen molar-refractivity contribution >= 4 is 29.5 Å². The smallest absolute Gasteiger partial charge is 0.410 e. The van der Waals surface area contributed by atoms with E-state index in [1.54, 1.807) is 17.0 Å². The highest BCUT2D eigenvalue weighted by Crippen LogP contribution is 2.38. The molecule has 0 unspecified atom stereocenters. The molecule has 0 aromatic heterocycles. The van der Waals surface area contributed by atoms with Gasteiger partial charge in [-0.1, -0.05) is 18.2 Å². The molecule has 0 aliphatic carbocycles. The van der Waals surface area contributed by atoms with Crippen LogP contribution in [0.25, 0.3) is 11.1 Å². The summed E-state index contributed by atoms with van der Waals surface area (Å²) in [5.41, 5.74) is 2.88. The molecular formula is C28H34FN3O3. The van der Waals surface area contributed by atoms with Gasteiger partial charge in [0, 0.05) is 43.0 Å². The number of halogens is 1. The number of fused-ring (bicyclic) bond motifs is 1. The Labute approximate surface area is 206 Å². The van der Waals surface area contributed by atoms with Gasteiger partial charge in [-0.05, 0) is 77.1 Å². The van der Waals surface area contributed by atoms with Gasteiger partial charge in [0.1, 0.15) is 11.4 Å². The molecule has 0 radical (unpaired) electrons. The minimum atomic E-state index is -0.502. The Bertz CT molecular complexity index is 1130. The van der Waals surface area contributed by atoms with Gasteiger partial charge < -0.3 is 14.5 Å². The summed E-state index contributed by atoms with van der Waals surface area (Å²) in [5, 5.41) is 0. The second-order valence-corrected chi connectivity index (χ2v) is 10.3. The van der Waals surface area contributed by atoms with Crippen molar-refractivity contribution in [3.8, 4) is 11.1 Å². The summed E-state index contributed by atoms with van der Waals surface area (Å²) < 4.78 is 20.3. The summed E-state index contributed by atoms with van der Waals surface area (Å²) in [5.74, 6) is -0.578. The minimum absolute atomic E-state index is 0.161. The van der Waals surface area contributed by atoms with Crippen LogP contribution < -0.4 is 4.90 Å². The molecule has 2 aliphatic rings. The van der Waals surface area contributed by atoms with Crippen molar-refractivity contribution in [2.24, 2.45) is 4.99 Å². The van der Waals surface area contributed by atoms with E-state index < -0.39 is 11.4 Å². The van der Waals surface area contributed by atoms with E-state index >= 15 is 0 Å². The number of nitrogens with zero attached hydrogens (tertiary/aromatic N) is 3. The van der Waals surface area contributed by atoms with Gasteiger partial charge in [-0.15, -0.1) is 0 Å². The van der Waals surface area contributed by atoms with Crippen LogP contribution in [-0.2, 0) is 4.74 Å². The maximum atomic E-state index is 14.8. The van der Waals surface area contributed by atoms with Crippen molar-refractivity contribution in [2.45, 2.75) is 65.0 Å². The van der Waals surface area contributed by atoms with Crippen LogP contribution in [0.15, 0.2) is 41.4 Å². The fourth-order valence-corrected chi connectivity index (χ4v) is 4.71. The second kappa shape index (κ2) is 10.2. The SMILES string of the molecule is CC(=O)c1ccc(-c2ccc3c(c2)N=CCCCN3C2CCN(C(=O)OC(C)(C)C)CC2)c(F)c1. The third-order valence-electron chi connectivity index (χ3n) is 6.49. The van der Waals surface area contributed by atoms with Gasteiger partial charge in [-0.2, -0.15) is 0 Å². The molecule has 2 aromatic rings. The van der Waals surface area contributed by atoms with Gasteiger partial charge in [0.25, 0.3) is 0 Å². The molecule has 0 N–H and O–H groups in total. The summed E-state index contributed by atoms with van der Waals surface area (Å²) in [4.78, 5) is 33.0.